The molecule has 2 N–H and O–H groups in total. The lowest BCUT2D eigenvalue weighted by molar-refractivity contribution is 0.199. The van der Waals surface area contributed by atoms with Crippen LogP contribution in [0.3, 0.4) is 0 Å². The molecule has 4 heteroatoms. The second kappa shape index (κ2) is 8.70. The molecule has 0 saturated carbocycles. The predicted octanol–water partition coefficient (Wildman–Crippen LogP) is 2.93. The summed E-state index contributed by atoms with van der Waals surface area (Å²) in [7, 11) is 3.25. The molecular formula is C17H27NO3. The van der Waals surface area contributed by atoms with E-state index in [9.17, 15) is 5.11 Å². The first kappa shape index (κ1) is 17.5. The second-order valence-electron chi connectivity index (χ2n) is 5.39. The summed E-state index contributed by atoms with van der Waals surface area (Å²) in [6.07, 6.45) is 2.65. The first-order chi connectivity index (χ1) is 10.1. The number of nitrogens with one attached hydrogen (secondary N) is 1. The van der Waals surface area contributed by atoms with Crippen LogP contribution in [0.4, 0.5) is 0 Å². The molecule has 0 spiro atoms. The Morgan fingerprint density at radius 3 is 2.38 bits per heavy atom. The number of benzene rings is 1. The van der Waals surface area contributed by atoms with Gasteiger partial charge in [0.05, 0.1) is 20.8 Å². The summed E-state index contributed by atoms with van der Waals surface area (Å²) in [5.41, 5.74) is 1.09. The third kappa shape index (κ3) is 4.76. The Labute approximate surface area is 127 Å². The van der Waals surface area contributed by atoms with Crippen molar-refractivity contribution >= 4 is 0 Å². The maximum Gasteiger partial charge on any atom is 0.161 e. The van der Waals surface area contributed by atoms with Crippen LogP contribution in [0.1, 0.15) is 31.9 Å². The summed E-state index contributed by atoms with van der Waals surface area (Å²) in [6.45, 7) is 8.11. The number of aliphatic hydroxyl groups excluding tert-OH is 1. The second-order valence-corrected chi connectivity index (χ2v) is 5.39. The third-order valence-corrected chi connectivity index (χ3v) is 3.63. The molecule has 0 saturated heterocycles. The zero-order chi connectivity index (χ0) is 15.8. The van der Waals surface area contributed by atoms with Gasteiger partial charge in [0, 0.05) is 12.1 Å². The van der Waals surface area contributed by atoms with Gasteiger partial charge < -0.3 is 19.9 Å². The van der Waals surface area contributed by atoms with Crippen molar-refractivity contribution in [2.45, 2.75) is 32.4 Å². The first-order valence-corrected chi connectivity index (χ1v) is 7.27. The zero-order valence-electron chi connectivity index (χ0n) is 13.4. The summed E-state index contributed by atoms with van der Waals surface area (Å²) in [5, 5.41) is 13.0. The SMILES string of the molecule is C=CCC(NC(CO)C(C)C)c1ccc(OC)c(OC)c1. The molecule has 4 nitrogen and oxygen atoms in total. The molecule has 0 bridgehead atoms. The van der Waals surface area contributed by atoms with Crippen molar-refractivity contribution < 1.29 is 14.6 Å². The van der Waals surface area contributed by atoms with Crippen LogP contribution in [-0.4, -0.2) is 32.0 Å². The van der Waals surface area contributed by atoms with Gasteiger partial charge in [0.1, 0.15) is 0 Å². The van der Waals surface area contributed by atoms with Crippen molar-refractivity contribution in [1.29, 1.82) is 0 Å². The van der Waals surface area contributed by atoms with Crippen LogP contribution in [0.15, 0.2) is 30.9 Å². The molecule has 0 aliphatic heterocycles. The fraction of sp³-hybridized carbons (Fsp3) is 0.529. The van der Waals surface area contributed by atoms with Crippen LogP contribution in [-0.2, 0) is 0 Å². The Morgan fingerprint density at radius 1 is 1.24 bits per heavy atom. The molecule has 0 radical (unpaired) electrons. The van der Waals surface area contributed by atoms with E-state index in [4.69, 9.17) is 9.47 Å². The highest BCUT2D eigenvalue weighted by Gasteiger charge is 2.19. The van der Waals surface area contributed by atoms with Crippen LogP contribution in [0, 0.1) is 5.92 Å². The van der Waals surface area contributed by atoms with Crippen molar-refractivity contribution in [3.63, 3.8) is 0 Å². The Balaban J connectivity index is 3.01. The minimum atomic E-state index is 0.0445. The van der Waals surface area contributed by atoms with Gasteiger partial charge >= 0.3 is 0 Å². The summed E-state index contributed by atoms with van der Waals surface area (Å²) in [6, 6.07) is 6.01. The van der Waals surface area contributed by atoms with Crippen molar-refractivity contribution in [1.82, 2.24) is 5.32 Å². The standard InChI is InChI=1S/C17H27NO3/c1-6-7-14(18-15(11-19)12(2)3)13-8-9-16(20-4)17(10-13)21-5/h6,8-10,12,14-15,18-19H,1,7,11H2,2-5H3. The molecule has 1 aromatic carbocycles. The highest BCUT2D eigenvalue weighted by Crippen LogP contribution is 2.31. The maximum absolute atomic E-state index is 9.51. The lowest BCUT2D eigenvalue weighted by Crippen LogP contribution is -2.39. The van der Waals surface area contributed by atoms with Crippen molar-refractivity contribution in [3.8, 4) is 11.5 Å². The molecule has 0 heterocycles. The molecule has 0 fully saturated rings. The first-order valence-electron chi connectivity index (χ1n) is 7.27. The minimum absolute atomic E-state index is 0.0445. The quantitative estimate of drug-likeness (QED) is 0.687. The Bertz CT molecular complexity index is 446. The smallest absolute Gasteiger partial charge is 0.161 e. The number of methoxy groups -OCH3 is 2. The summed E-state index contributed by atoms with van der Waals surface area (Å²) in [5.74, 6) is 1.76. The number of ether oxygens (including phenoxy) is 2. The zero-order valence-corrected chi connectivity index (χ0v) is 13.4. The van der Waals surface area contributed by atoms with Crippen molar-refractivity contribution in [2.75, 3.05) is 20.8 Å². The number of hydrogen-bond acceptors (Lipinski definition) is 4. The fourth-order valence-electron chi connectivity index (χ4n) is 2.25. The Hall–Kier alpha value is -1.52. The van der Waals surface area contributed by atoms with Crippen molar-refractivity contribution in [2.24, 2.45) is 5.92 Å². The van der Waals surface area contributed by atoms with Crippen LogP contribution in [0.5, 0.6) is 11.5 Å². The van der Waals surface area contributed by atoms with Gasteiger partial charge in [-0.2, -0.15) is 0 Å². The lowest BCUT2D eigenvalue weighted by Gasteiger charge is -2.27. The van der Waals surface area contributed by atoms with E-state index in [0.29, 0.717) is 17.4 Å². The summed E-state index contributed by atoms with van der Waals surface area (Å²) in [4.78, 5) is 0. The van der Waals surface area contributed by atoms with Gasteiger partial charge in [0.2, 0.25) is 0 Å². The molecule has 21 heavy (non-hydrogen) atoms. The molecule has 1 rings (SSSR count). The van der Waals surface area contributed by atoms with E-state index in [1.807, 2.05) is 24.3 Å². The van der Waals surface area contributed by atoms with E-state index >= 15 is 0 Å². The monoisotopic (exact) mass is 293 g/mol. The van der Waals surface area contributed by atoms with Crippen LogP contribution in [0.2, 0.25) is 0 Å². The maximum atomic E-state index is 9.51. The van der Waals surface area contributed by atoms with Gasteiger partial charge in [0.15, 0.2) is 11.5 Å². The largest absolute Gasteiger partial charge is 0.493 e. The topological polar surface area (TPSA) is 50.7 Å². The summed E-state index contributed by atoms with van der Waals surface area (Å²) >= 11 is 0. The number of aliphatic hydroxyl groups is 1. The van der Waals surface area contributed by atoms with Gasteiger partial charge in [-0.05, 0) is 30.0 Å². The van der Waals surface area contributed by atoms with E-state index in [2.05, 4.69) is 25.7 Å². The average Bonchev–Trinajstić information content (AvgIpc) is 2.50. The third-order valence-electron chi connectivity index (χ3n) is 3.63. The predicted molar refractivity (Wildman–Crippen MR) is 85.9 cm³/mol. The molecule has 0 aliphatic rings. The molecule has 0 amide bonds. The van der Waals surface area contributed by atoms with Crippen LogP contribution in [0.25, 0.3) is 0 Å². The van der Waals surface area contributed by atoms with E-state index < -0.39 is 0 Å². The van der Waals surface area contributed by atoms with Gasteiger partial charge in [0.25, 0.3) is 0 Å². The van der Waals surface area contributed by atoms with E-state index in [1.54, 1.807) is 14.2 Å². The Morgan fingerprint density at radius 2 is 1.90 bits per heavy atom. The Kier molecular flexibility index (Phi) is 7.26. The molecule has 0 aliphatic carbocycles. The molecule has 2 unspecified atom stereocenters. The summed E-state index contributed by atoms with van der Waals surface area (Å²) < 4.78 is 10.6. The van der Waals surface area contributed by atoms with Crippen molar-refractivity contribution in [3.05, 3.63) is 36.4 Å². The van der Waals surface area contributed by atoms with Crippen LogP contribution >= 0.6 is 0 Å². The van der Waals surface area contributed by atoms with Gasteiger partial charge in [-0.3, -0.25) is 0 Å². The highest BCUT2D eigenvalue weighted by atomic mass is 16.5. The number of rotatable bonds is 9. The lowest BCUT2D eigenvalue weighted by atomic mass is 9.98. The van der Waals surface area contributed by atoms with Gasteiger partial charge in [-0.25, -0.2) is 0 Å². The minimum Gasteiger partial charge on any atom is -0.493 e. The average molecular weight is 293 g/mol. The van der Waals surface area contributed by atoms with Crippen LogP contribution < -0.4 is 14.8 Å². The highest BCUT2D eigenvalue weighted by molar-refractivity contribution is 5.44. The van der Waals surface area contributed by atoms with E-state index in [0.717, 1.165) is 12.0 Å². The fourth-order valence-corrected chi connectivity index (χ4v) is 2.25. The molecule has 2 atom stereocenters. The normalized spacial score (nSPS) is 13.8. The van der Waals surface area contributed by atoms with Gasteiger partial charge in [-0.1, -0.05) is 26.0 Å². The molecule has 0 aromatic heterocycles. The molecule has 118 valence electrons. The van der Waals surface area contributed by atoms with E-state index in [-0.39, 0.29) is 18.7 Å². The molecular weight excluding hydrogens is 266 g/mol. The van der Waals surface area contributed by atoms with Gasteiger partial charge in [-0.15, -0.1) is 6.58 Å². The number of hydrogen-bond donors (Lipinski definition) is 2. The molecule has 1 aromatic rings. The van der Waals surface area contributed by atoms with E-state index in [1.165, 1.54) is 0 Å².